The van der Waals surface area contributed by atoms with Gasteiger partial charge in [0.2, 0.25) is 0 Å². The number of anilines is 2. The molecular weight excluding hydrogens is 356 g/mol. The molecule has 28 heavy (non-hydrogen) atoms. The molecule has 1 aliphatic rings. The highest BCUT2D eigenvalue weighted by atomic mass is 16.5. The lowest BCUT2D eigenvalue weighted by atomic mass is 9.82. The van der Waals surface area contributed by atoms with Crippen LogP contribution in [0.25, 0.3) is 0 Å². The first-order valence-corrected chi connectivity index (χ1v) is 9.13. The van der Waals surface area contributed by atoms with E-state index >= 15 is 0 Å². The Morgan fingerprint density at radius 1 is 1.21 bits per heavy atom. The fraction of sp³-hybridized carbons (Fsp3) is 0.400. The van der Waals surface area contributed by atoms with E-state index < -0.39 is 5.54 Å². The van der Waals surface area contributed by atoms with Gasteiger partial charge in [-0.15, -0.1) is 5.10 Å². The summed E-state index contributed by atoms with van der Waals surface area (Å²) in [7, 11) is 3.69. The highest BCUT2D eigenvalue weighted by molar-refractivity contribution is 5.93. The molecule has 8 nitrogen and oxygen atoms in total. The van der Waals surface area contributed by atoms with Crippen LogP contribution in [0.3, 0.4) is 0 Å². The van der Waals surface area contributed by atoms with Crippen molar-refractivity contribution in [2.24, 2.45) is 0 Å². The van der Waals surface area contributed by atoms with Gasteiger partial charge in [0.25, 0.3) is 0 Å². The molecule has 1 saturated heterocycles. The van der Waals surface area contributed by atoms with E-state index in [9.17, 15) is 4.79 Å². The Morgan fingerprint density at radius 2 is 1.89 bits per heavy atom. The van der Waals surface area contributed by atoms with Crippen molar-refractivity contribution in [1.29, 1.82) is 5.26 Å². The van der Waals surface area contributed by atoms with E-state index in [-0.39, 0.29) is 6.03 Å². The molecule has 3 rings (SSSR count). The number of carbonyl (C=O) groups is 1. The van der Waals surface area contributed by atoms with Crippen LogP contribution in [0.15, 0.2) is 30.3 Å². The second-order valence-corrected chi connectivity index (χ2v) is 7.08. The van der Waals surface area contributed by atoms with Crippen molar-refractivity contribution in [2.45, 2.75) is 25.3 Å². The van der Waals surface area contributed by atoms with E-state index in [4.69, 9.17) is 10.00 Å². The van der Waals surface area contributed by atoms with Gasteiger partial charge in [-0.05, 0) is 43.5 Å². The van der Waals surface area contributed by atoms with Crippen molar-refractivity contribution in [3.8, 4) is 6.07 Å². The maximum atomic E-state index is 12.9. The largest absolute Gasteiger partial charge is 0.381 e. The van der Waals surface area contributed by atoms with E-state index in [2.05, 4.69) is 26.9 Å². The maximum absolute atomic E-state index is 12.9. The van der Waals surface area contributed by atoms with Crippen LogP contribution in [-0.4, -0.2) is 43.5 Å². The zero-order valence-electron chi connectivity index (χ0n) is 16.3. The molecule has 8 heteroatoms. The van der Waals surface area contributed by atoms with Crippen molar-refractivity contribution in [2.75, 3.05) is 37.5 Å². The molecule has 2 N–H and O–H groups in total. The van der Waals surface area contributed by atoms with Crippen LogP contribution in [0, 0.1) is 18.3 Å². The lowest BCUT2D eigenvalue weighted by Gasteiger charge is -2.38. The number of hydrogen-bond acceptors (Lipinski definition) is 6. The zero-order valence-corrected chi connectivity index (χ0v) is 16.3. The first-order valence-electron chi connectivity index (χ1n) is 9.13. The summed E-state index contributed by atoms with van der Waals surface area (Å²) in [6.45, 7) is 2.94. The minimum absolute atomic E-state index is 0.318. The number of aromatic nitrogens is 2. The van der Waals surface area contributed by atoms with Gasteiger partial charge in [0.1, 0.15) is 0 Å². The van der Waals surface area contributed by atoms with Crippen LogP contribution in [0.5, 0.6) is 0 Å². The van der Waals surface area contributed by atoms with Crippen LogP contribution in [0.2, 0.25) is 0 Å². The SMILES string of the molecule is Cc1cc(NC(=O)NC2(c3ccc(C#N)cc3)CCOCC2)c(N(C)C)nn1. The van der Waals surface area contributed by atoms with E-state index in [0.29, 0.717) is 48.8 Å². The molecule has 1 fully saturated rings. The van der Waals surface area contributed by atoms with Crippen LogP contribution < -0.4 is 15.5 Å². The number of benzene rings is 1. The van der Waals surface area contributed by atoms with Crippen molar-refractivity contribution < 1.29 is 9.53 Å². The first kappa shape index (κ1) is 19.6. The average molecular weight is 380 g/mol. The fourth-order valence-corrected chi connectivity index (χ4v) is 3.35. The zero-order chi connectivity index (χ0) is 20.1. The molecule has 0 radical (unpaired) electrons. The predicted octanol–water partition coefficient (Wildman–Crippen LogP) is 2.55. The van der Waals surface area contributed by atoms with Crippen LogP contribution in [-0.2, 0) is 10.3 Å². The number of nitriles is 1. The summed E-state index contributed by atoms with van der Waals surface area (Å²) >= 11 is 0. The number of hydrogen-bond donors (Lipinski definition) is 2. The molecular formula is C20H24N6O2. The highest BCUT2D eigenvalue weighted by Crippen LogP contribution is 2.33. The molecule has 0 atom stereocenters. The predicted molar refractivity (Wildman–Crippen MR) is 106 cm³/mol. The summed E-state index contributed by atoms with van der Waals surface area (Å²) in [4.78, 5) is 14.7. The molecule has 0 spiro atoms. The molecule has 0 saturated carbocycles. The van der Waals surface area contributed by atoms with E-state index in [1.807, 2.05) is 33.2 Å². The average Bonchev–Trinajstić information content (AvgIpc) is 2.68. The Kier molecular flexibility index (Phi) is 5.76. The number of nitrogens with zero attached hydrogens (tertiary/aromatic N) is 4. The number of carbonyl (C=O) groups excluding carboxylic acids is 1. The molecule has 2 heterocycles. The van der Waals surface area contributed by atoms with Gasteiger partial charge in [0, 0.05) is 27.3 Å². The second kappa shape index (κ2) is 8.23. The van der Waals surface area contributed by atoms with Gasteiger partial charge in [-0.2, -0.15) is 10.4 Å². The van der Waals surface area contributed by atoms with Crippen LogP contribution in [0.4, 0.5) is 16.3 Å². The number of urea groups is 1. The van der Waals surface area contributed by atoms with E-state index in [1.165, 1.54) is 0 Å². The molecule has 2 aromatic rings. The third-order valence-corrected chi connectivity index (χ3v) is 4.83. The van der Waals surface area contributed by atoms with Gasteiger partial charge in [-0.3, -0.25) is 0 Å². The quantitative estimate of drug-likeness (QED) is 0.845. The molecule has 2 amide bonds. The third kappa shape index (κ3) is 4.21. The van der Waals surface area contributed by atoms with Gasteiger partial charge in [0.05, 0.1) is 28.6 Å². The van der Waals surface area contributed by atoms with Crippen molar-refractivity contribution in [1.82, 2.24) is 15.5 Å². The van der Waals surface area contributed by atoms with Gasteiger partial charge >= 0.3 is 6.03 Å². The molecule has 1 aromatic heterocycles. The topological polar surface area (TPSA) is 103 Å². The number of nitrogens with one attached hydrogen (secondary N) is 2. The van der Waals surface area contributed by atoms with Crippen molar-refractivity contribution >= 4 is 17.5 Å². The van der Waals surface area contributed by atoms with Gasteiger partial charge in [-0.25, -0.2) is 4.79 Å². The monoisotopic (exact) mass is 380 g/mol. The van der Waals surface area contributed by atoms with Crippen molar-refractivity contribution in [3.05, 3.63) is 47.2 Å². The maximum Gasteiger partial charge on any atom is 0.320 e. The Labute approximate surface area is 164 Å². The van der Waals surface area contributed by atoms with Gasteiger partial charge in [0.15, 0.2) is 5.82 Å². The lowest BCUT2D eigenvalue weighted by Crippen LogP contribution is -2.51. The first-order chi connectivity index (χ1) is 13.4. The molecule has 0 unspecified atom stereocenters. The minimum Gasteiger partial charge on any atom is -0.381 e. The third-order valence-electron chi connectivity index (χ3n) is 4.83. The molecule has 0 bridgehead atoms. The van der Waals surface area contributed by atoms with Gasteiger partial charge in [-0.1, -0.05) is 12.1 Å². The number of amides is 2. The Hall–Kier alpha value is -3.18. The Balaban J connectivity index is 1.84. The normalized spacial score (nSPS) is 15.4. The summed E-state index contributed by atoms with van der Waals surface area (Å²) in [6, 6.07) is 10.9. The molecule has 1 aliphatic heterocycles. The summed E-state index contributed by atoms with van der Waals surface area (Å²) in [5, 5.41) is 23.3. The van der Waals surface area contributed by atoms with Crippen LogP contribution >= 0.6 is 0 Å². The van der Waals surface area contributed by atoms with Crippen LogP contribution in [0.1, 0.15) is 29.7 Å². The highest BCUT2D eigenvalue weighted by Gasteiger charge is 2.36. The fourth-order valence-electron chi connectivity index (χ4n) is 3.35. The Bertz CT molecular complexity index is 883. The van der Waals surface area contributed by atoms with E-state index in [0.717, 1.165) is 5.56 Å². The lowest BCUT2D eigenvalue weighted by molar-refractivity contribution is 0.0418. The summed E-state index contributed by atoms with van der Waals surface area (Å²) in [5.74, 6) is 0.583. The molecule has 1 aromatic carbocycles. The number of ether oxygens (including phenoxy) is 1. The summed E-state index contributed by atoms with van der Waals surface area (Å²) < 4.78 is 5.51. The standard InChI is InChI=1S/C20H24N6O2/c1-14-12-17(18(25-24-14)26(2)3)22-19(27)23-20(8-10-28-11-9-20)16-6-4-15(13-21)5-7-16/h4-7,12H,8-11H2,1-3H3,(H2,22,23,24,27). The molecule has 146 valence electrons. The molecule has 0 aliphatic carbocycles. The number of aryl methyl sites for hydroxylation is 1. The van der Waals surface area contributed by atoms with E-state index in [1.54, 1.807) is 23.1 Å². The Morgan fingerprint density at radius 3 is 2.50 bits per heavy atom. The summed E-state index contributed by atoms with van der Waals surface area (Å²) in [6.07, 6.45) is 1.31. The van der Waals surface area contributed by atoms with Gasteiger partial charge < -0.3 is 20.3 Å². The smallest absolute Gasteiger partial charge is 0.320 e. The summed E-state index contributed by atoms with van der Waals surface area (Å²) in [5.41, 5.74) is 2.31. The van der Waals surface area contributed by atoms with Crippen molar-refractivity contribution in [3.63, 3.8) is 0 Å². The minimum atomic E-state index is -0.551. The number of rotatable bonds is 4. The second-order valence-electron chi connectivity index (χ2n) is 7.08.